The van der Waals surface area contributed by atoms with Crippen LogP contribution < -0.4 is 9.47 Å². The lowest BCUT2D eigenvalue weighted by Crippen LogP contribution is -2.32. The minimum Gasteiger partial charge on any atom is -0.507 e. The first-order chi connectivity index (χ1) is 16.1. The molecule has 3 aromatic carbocycles. The van der Waals surface area contributed by atoms with Crippen molar-refractivity contribution in [3.05, 3.63) is 58.7 Å². The third-order valence-electron chi connectivity index (χ3n) is 6.13. The smallest absolute Gasteiger partial charge is 0.312 e. The summed E-state index contributed by atoms with van der Waals surface area (Å²) in [4.78, 5) is 12.4. The molecule has 0 aliphatic carbocycles. The first kappa shape index (κ1) is 21.5. The van der Waals surface area contributed by atoms with E-state index < -0.39 is 41.3 Å². The SMILES string of the molecule is O=C1CC(c2ccc(O)c(O)c2)c2c(O)cc3c(c2O1)C[C@H](O)C(c1cc(O)c(O)c(O)c1)O3. The molecule has 176 valence electrons. The highest BCUT2D eigenvalue weighted by Crippen LogP contribution is 2.52. The molecular weight excluding hydrogens is 448 g/mol. The fraction of sp³-hybridized carbons (Fsp3) is 0.208. The molecule has 10 nitrogen and oxygen atoms in total. The molecule has 2 aliphatic rings. The van der Waals surface area contributed by atoms with E-state index in [1.807, 2.05) is 0 Å². The van der Waals surface area contributed by atoms with Gasteiger partial charge in [0.25, 0.3) is 0 Å². The molecule has 2 unspecified atom stereocenters. The monoisotopic (exact) mass is 468 g/mol. The Bertz CT molecular complexity index is 1310. The van der Waals surface area contributed by atoms with Crippen LogP contribution in [0.15, 0.2) is 36.4 Å². The third-order valence-corrected chi connectivity index (χ3v) is 6.13. The molecule has 34 heavy (non-hydrogen) atoms. The Morgan fingerprint density at radius 2 is 1.44 bits per heavy atom. The lowest BCUT2D eigenvalue weighted by atomic mass is 9.82. The van der Waals surface area contributed by atoms with E-state index in [0.29, 0.717) is 11.1 Å². The summed E-state index contributed by atoms with van der Waals surface area (Å²) in [5.74, 6) is -3.97. The summed E-state index contributed by atoms with van der Waals surface area (Å²) in [6, 6.07) is 7.69. The van der Waals surface area contributed by atoms with Gasteiger partial charge in [-0.05, 0) is 29.8 Å². The van der Waals surface area contributed by atoms with Crippen LogP contribution in [0.1, 0.15) is 40.7 Å². The molecule has 3 atom stereocenters. The molecule has 5 rings (SSSR count). The average Bonchev–Trinajstić information content (AvgIpc) is 2.78. The average molecular weight is 468 g/mol. The highest BCUT2D eigenvalue weighted by Gasteiger charge is 2.39. The molecule has 0 bridgehead atoms. The van der Waals surface area contributed by atoms with Gasteiger partial charge in [-0.15, -0.1) is 0 Å². The van der Waals surface area contributed by atoms with Gasteiger partial charge in [-0.2, -0.15) is 0 Å². The number of aliphatic hydroxyl groups excluding tert-OH is 1. The fourth-order valence-corrected chi connectivity index (χ4v) is 4.51. The van der Waals surface area contributed by atoms with Crippen molar-refractivity contribution in [1.29, 1.82) is 0 Å². The zero-order valence-electron chi connectivity index (χ0n) is 17.5. The van der Waals surface area contributed by atoms with E-state index in [1.165, 1.54) is 24.3 Å². The molecule has 2 aliphatic heterocycles. The van der Waals surface area contributed by atoms with Crippen LogP contribution in [0.5, 0.6) is 46.0 Å². The zero-order valence-corrected chi connectivity index (χ0v) is 17.5. The van der Waals surface area contributed by atoms with Crippen molar-refractivity contribution in [2.75, 3.05) is 0 Å². The second-order valence-corrected chi connectivity index (χ2v) is 8.31. The summed E-state index contributed by atoms with van der Waals surface area (Å²) in [6.07, 6.45) is -2.43. The van der Waals surface area contributed by atoms with Crippen LogP contribution in [0.2, 0.25) is 0 Å². The van der Waals surface area contributed by atoms with Gasteiger partial charge in [0.2, 0.25) is 0 Å². The number of esters is 1. The van der Waals surface area contributed by atoms with Gasteiger partial charge in [-0.25, -0.2) is 0 Å². The molecule has 2 heterocycles. The Hall–Kier alpha value is -4.31. The van der Waals surface area contributed by atoms with Crippen LogP contribution in [-0.4, -0.2) is 47.8 Å². The van der Waals surface area contributed by atoms with Gasteiger partial charge in [0, 0.05) is 35.1 Å². The van der Waals surface area contributed by atoms with Crippen molar-refractivity contribution in [2.24, 2.45) is 0 Å². The molecule has 0 spiro atoms. The normalized spacial score (nSPS) is 21.2. The zero-order chi connectivity index (χ0) is 24.3. The molecule has 0 saturated heterocycles. The van der Waals surface area contributed by atoms with Crippen LogP contribution in [0.4, 0.5) is 0 Å². The van der Waals surface area contributed by atoms with Gasteiger partial charge in [0.05, 0.1) is 12.5 Å². The number of benzene rings is 3. The van der Waals surface area contributed by atoms with Crippen LogP contribution in [-0.2, 0) is 11.2 Å². The van der Waals surface area contributed by atoms with Crippen LogP contribution in [0, 0.1) is 0 Å². The number of hydrogen-bond acceptors (Lipinski definition) is 10. The number of hydrogen-bond donors (Lipinski definition) is 7. The molecule has 0 saturated carbocycles. The van der Waals surface area contributed by atoms with Gasteiger partial charge in [0.1, 0.15) is 17.2 Å². The predicted molar refractivity (Wildman–Crippen MR) is 114 cm³/mol. The lowest BCUT2D eigenvalue weighted by molar-refractivity contribution is -0.135. The van der Waals surface area contributed by atoms with Crippen LogP contribution >= 0.6 is 0 Å². The summed E-state index contributed by atoms with van der Waals surface area (Å²) in [7, 11) is 0. The van der Waals surface area contributed by atoms with Crippen molar-refractivity contribution >= 4 is 5.97 Å². The van der Waals surface area contributed by atoms with E-state index in [4.69, 9.17) is 9.47 Å². The maximum atomic E-state index is 12.4. The minimum absolute atomic E-state index is 0.0396. The Labute approximate surface area is 192 Å². The Balaban J connectivity index is 1.59. The number of carbonyl (C=O) groups excluding carboxylic acids is 1. The van der Waals surface area contributed by atoms with Crippen LogP contribution in [0.25, 0.3) is 0 Å². The maximum absolute atomic E-state index is 12.4. The van der Waals surface area contributed by atoms with E-state index in [1.54, 1.807) is 0 Å². The van der Waals surface area contributed by atoms with Gasteiger partial charge in [-0.1, -0.05) is 6.07 Å². The molecule has 0 aromatic heterocycles. The largest absolute Gasteiger partial charge is 0.507 e. The fourth-order valence-electron chi connectivity index (χ4n) is 4.51. The molecule has 7 N–H and O–H groups in total. The van der Waals surface area contributed by atoms with Crippen molar-refractivity contribution in [3.63, 3.8) is 0 Å². The van der Waals surface area contributed by atoms with E-state index in [0.717, 1.165) is 12.1 Å². The van der Waals surface area contributed by atoms with Crippen molar-refractivity contribution in [2.45, 2.75) is 31.0 Å². The highest BCUT2D eigenvalue weighted by molar-refractivity contribution is 5.80. The number of phenols is 6. The number of fused-ring (bicyclic) bond motifs is 3. The van der Waals surface area contributed by atoms with Crippen molar-refractivity contribution in [1.82, 2.24) is 0 Å². The Kier molecular flexibility index (Phi) is 4.83. The molecule has 0 amide bonds. The molecule has 0 radical (unpaired) electrons. The number of carbonyl (C=O) groups is 1. The van der Waals surface area contributed by atoms with E-state index in [2.05, 4.69) is 0 Å². The number of aromatic hydroxyl groups is 6. The van der Waals surface area contributed by atoms with Gasteiger partial charge >= 0.3 is 5.97 Å². The second-order valence-electron chi connectivity index (χ2n) is 8.31. The van der Waals surface area contributed by atoms with Gasteiger partial charge < -0.3 is 45.2 Å². The molecular formula is C24H20O10. The number of ether oxygens (including phenoxy) is 2. The summed E-state index contributed by atoms with van der Waals surface area (Å²) >= 11 is 0. The minimum atomic E-state index is -1.19. The van der Waals surface area contributed by atoms with Gasteiger partial charge in [-0.3, -0.25) is 4.79 Å². The van der Waals surface area contributed by atoms with Gasteiger partial charge in [0.15, 0.2) is 34.9 Å². The highest BCUT2D eigenvalue weighted by atomic mass is 16.5. The van der Waals surface area contributed by atoms with E-state index >= 15 is 0 Å². The molecule has 0 fully saturated rings. The third kappa shape index (κ3) is 3.35. The maximum Gasteiger partial charge on any atom is 0.312 e. The second kappa shape index (κ2) is 7.63. The Morgan fingerprint density at radius 3 is 2.12 bits per heavy atom. The quantitative estimate of drug-likeness (QED) is 0.168. The molecule has 3 aromatic rings. The number of aliphatic hydroxyl groups is 1. The lowest BCUT2D eigenvalue weighted by Gasteiger charge is -2.35. The van der Waals surface area contributed by atoms with E-state index in [-0.39, 0.29) is 52.7 Å². The van der Waals surface area contributed by atoms with Crippen molar-refractivity contribution in [3.8, 4) is 46.0 Å². The number of phenolic OH excluding ortho intramolecular Hbond substituents is 6. The summed E-state index contributed by atoms with van der Waals surface area (Å²) in [5, 5.41) is 70.4. The topological polar surface area (TPSA) is 177 Å². The summed E-state index contributed by atoms with van der Waals surface area (Å²) in [6.45, 7) is 0. The first-order valence-electron chi connectivity index (χ1n) is 10.3. The van der Waals surface area contributed by atoms with Crippen molar-refractivity contribution < 1.29 is 50.0 Å². The van der Waals surface area contributed by atoms with E-state index in [9.17, 15) is 40.5 Å². The summed E-state index contributed by atoms with van der Waals surface area (Å²) in [5.41, 5.74) is 1.26. The van der Waals surface area contributed by atoms with Crippen LogP contribution in [0.3, 0.4) is 0 Å². The number of rotatable bonds is 2. The first-order valence-corrected chi connectivity index (χ1v) is 10.3. The standard InChI is InChI=1S/C24H20O10/c25-13-2-1-9(3-14(13)26)11-7-20(31)34-24-12-6-18(30)23(33-19(12)8-15(27)21(11)24)10-4-16(28)22(32)17(29)5-10/h1-5,8,11,18,23,25-30,32H,6-7H2/t11?,18-,23?/m0/s1. The molecule has 10 heteroatoms. The summed E-state index contributed by atoms with van der Waals surface area (Å²) < 4.78 is 11.3. The predicted octanol–water partition coefficient (Wildman–Crippen LogP) is 2.40. The Morgan fingerprint density at radius 1 is 0.765 bits per heavy atom.